The molecule has 0 atom stereocenters. The Morgan fingerprint density at radius 2 is 2.15 bits per heavy atom. The van der Waals surface area contributed by atoms with Gasteiger partial charge in [0.25, 0.3) is 0 Å². The molecule has 0 aliphatic carbocycles. The number of hydrogen-bond donors (Lipinski definition) is 0. The van der Waals surface area contributed by atoms with E-state index < -0.39 is 0 Å². The predicted octanol–water partition coefficient (Wildman–Crippen LogP) is 3.70. The van der Waals surface area contributed by atoms with Crippen molar-refractivity contribution in [3.63, 3.8) is 0 Å². The summed E-state index contributed by atoms with van der Waals surface area (Å²) in [6, 6.07) is 9.23. The average Bonchev–Trinajstić information content (AvgIpc) is 2.83. The minimum atomic E-state index is -0.377. The van der Waals surface area contributed by atoms with E-state index in [9.17, 15) is 4.79 Å². The maximum absolute atomic E-state index is 12.0. The van der Waals surface area contributed by atoms with Gasteiger partial charge in [-0.05, 0) is 26.0 Å². The van der Waals surface area contributed by atoms with Gasteiger partial charge in [-0.15, -0.1) is 11.3 Å². The molecular weight excluding hydrogens is 272 g/mol. The summed E-state index contributed by atoms with van der Waals surface area (Å²) < 4.78 is 5.30. The second kappa shape index (κ2) is 5.02. The number of aliphatic imine (C=N–C) groups is 1. The number of rotatable bonds is 2. The molecule has 0 saturated carbocycles. The minimum absolute atomic E-state index is 0.377. The zero-order chi connectivity index (χ0) is 14.1. The van der Waals surface area contributed by atoms with Crippen LogP contribution in [0.25, 0.3) is 11.0 Å². The fourth-order valence-electron chi connectivity index (χ4n) is 1.91. The zero-order valence-corrected chi connectivity index (χ0v) is 11.9. The summed E-state index contributed by atoms with van der Waals surface area (Å²) in [5, 5.41) is 1.53. The Balaban J connectivity index is 2.11. The highest BCUT2D eigenvalue weighted by molar-refractivity contribution is 7.15. The summed E-state index contributed by atoms with van der Waals surface area (Å²) in [4.78, 5) is 21.6. The highest BCUT2D eigenvalue weighted by Gasteiger charge is 2.09. The van der Waals surface area contributed by atoms with Crippen LogP contribution in [-0.2, 0) is 0 Å². The third-order valence-corrected chi connectivity index (χ3v) is 3.71. The van der Waals surface area contributed by atoms with Crippen LogP contribution in [0.5, 0.6) is 0 Å². The smallest absolute Gasteiger partial charge is 0.345 e. The molecule has 0 aliphatic heterocycles. The van der Waals surface area contributed by atoms with Crippen molar-refractivity contribution >= 4 is 33.1 Å². The zero-order valence-electron chi connectivity index (χ0n) is 11.1. The standard InChI is InChI=1S/C15H12N2O2S/c1-9-8-16-15(20-9)17-10(2)12-7-11-5-3-4-6-13(11)19-14(12)18/h3-8H,1-2H3/b17-10+. The molecule has 0 bridgehead atoms. The average molecular weight is 284 g/mol. The predicted molar refractivity (Wildman–Crippen MR) is 81.2 cm³/mol. The van der Waals surface area contributed by atoms with E-state index in [-0.39, 0.29) is 5.63 Å². The van der Waals surface area contributed by atoms with Crippen LogP contribution in [0.1, 0.15) is 17.4 Å². The van der Waals surface area contributed by atoms with Crippen molar-refractivity contribution in [1.82, 2.24) is 4.98 Å². The number of hydrogen-bond acceptors (Lipinski definition) is 5. The summed E-state index contributed by atoms with van der Waals surface area (Å²) in [6.07, 6.45) is 1.76. The largest absolute Gasteiger partial charge is 0.422 e. The van der Waals surface area contributed by atoms with E-state index in [0.717, 1.165) is 10.3 Å². The first-order valence-electron chi connectivity index (χ1n) is 6.14. The number of aromatic nitrogens is 1. The van der Waals surface area contributed by atoms with Crippen molar-refractivity contribution in [3.8, 4) is 0 Å². The molecule has 100 valence electrons. The Morgan fingerprint density at radius 1 is 1.35 bits per heavy atom. The van der Waals surface area contributed by atoms with Gasteiger partial charge in [0.2, 0.25) is 5.13 Å². The van der Waals surface area contributed by atoms with Gasteiger partial charge in [0, 0.05) is 16.5 Å². The lowest BCUT2D eigenvalue weighted by molar-refractivity contribution is 0.559. The van der Waals surface area contributed by atoms with Crippen molar-refractivity contribution in [2.45, 2.75) is 13.8 Å². The maximum Gasteiger partial charge on any atom is 0.345 e. The second-order valence-electron chi connectivity index (χ2n) is 4.44. The summed E-state index contributed by atoms with van der Waals surface area (Å²) in [5.74, 6) is 0. The van der Waals surface area contributed by atoms with Gasteiger partial charge in [-0.3, -0.25) is 0 Å². The first-order valence-corrected chi connectivity index (χ1v) is 6.96. The Labute approximate surface area is 119 Å². The van der Waals surface area contributed by atoms with Crippen LogP contribution in [0, 0.1) is 6.92 Å². The fourth-order valence-corrected chi connectivity index (χ4v) is 2.59. The molecule has 5 heteroatoms. The Morgan fingerprint density at radius 3 is 2.90 bits per heavy atom. The van der Waals surface area contributed by atoms with Crippen LogP contribution in [-0.4, -0.2) is 10.7 Å². The quantitative estimate of drug-likeness (QED) is 0.532. The van der Waals surface area contributed by atoms with E-state index in [1.54, 1.807) is 25.3 Å². The van der Waals surface area contributed by atoms with E-state index in [0.29, 0.717) is 22.0 Å². The summed E-state index contributed by atoms with van der Waals surface area (Å²) >= 11 is 1.49. The summed E-state index contributed by atoms with van der Waals surface area (Å²) in [7, 11) is 0. The van der Waals surface area contributed by atoms with E-state index in [1.807, 2.05) is 25.1 Å². The molecule has 2 heterocycles. The number of thiazole rings is 1. The van der Waals surface area contributed by atoms with Crippen molar-refractivity contribution in [3.05, 3.63) is 57.4 Å². The Kier molecular flexibility index (Phi) is 3.20. The molecule has 3 aromatic rings. The van der Waals surface area contributed by atoms with Gasteiger partial charge in [0.05, 0.1) is 11.3 Å². The molecule has 0 aliphatic rings. The third-order valence-electron chi connectivity index (χ3n) is 2.90. The molecular formula is C15H12N2O2S. The van der Waals surface area contributed by atoms with Gasteiger partial charge >= 0.3 is 5.63 Å². The fraction of sp³-hybridized carbons (Fsp3) is 0.133. The molecule has 0 saturated heterocycles. The summed E-state index contributed by atoms with van der Waals surface area (Å²) in [6.45, 7) is 3.76. The van der Waals surface area contributed by atoms with E-state index in [2.05, 4.69) is 9.98 Å². The van der Waals surface area contributed by atoms with Crippen molar-refractivity contribution < 1.29 is 4.42 Å². The van der Waals surface area contributed by atoms with Gasteiger partial charge in [-0.25, -0.2) is 14.8 Å². The van der Waals surface area contributed by atoms with Gasteiger partial charge in [0.15, 0.2) is 0 Å². The van der Waals surface area contributed by atoms with Crippen molar-refractivity contribution in [2.75, 3.05) is 0 Å². The third kappa shape index (κ3) is 2.40. The van der Waals surface area contributed by atoms with Gasteiger partial charge in [-0.1, -0.05) is 18.2 Å². The van der Waals surface area contributed by atoms with Crippen molar-refractivity contribution in [2.24, 2.45) is 4.99 Å². The van der Waals surface area contributed by atoms with Crippen LogP contribution in [0.3, 0.4) is 0 Å². The van der Waals surface area contributed by atoms with E-state index in [1.165, 1.54) is 11.3 Å². The number of nitrogens with zero attached hydrogens (tertiary/aromatic N) is 2. The van der Waals surface area contributed by atoms with Crippen LogP contribution in [0.4, 0.5) is 5.13 Å². The lowest BCUT2D eigenvalue weighted by Crippen LogP contribution is -2.11. The second-order valence-corrected chi connectivity index (χ2v) is 5.65. The Hall–Kier alpha value is -2.27. The minimum Gasteiger partial charge on any atom is -0.422 e. The first kappa shape index (κ1) is 12.7. The van der Waals surface area contributed by atoms with Crippen molar-refractivity contribution in [1.29, 1.82) is 0 Å². The topological polar surface area (TPSA) is 55.5 Å². The molecule has 0 spiro atoms. The molecule has 0 unspecified atom stereocenters. The molecule has 20 heavy (non-hydrogen) atoms. The normalized spacial score (nSPS) is 12.0. The molecule has 1 aromatic carbocycles. The van der Waals surface area contributed by atoms with Gasteiger partial charge in [-0.2, -0.15) is 0 Å². The van der Waals surface area contributed by atoms with Gasteiger partial charge < -0.3 is 4.42 Å². The Bertz CT molecular complexity index is 861. The van der Waals surface area contributed by atoms with Crippen LogP contribution in [0.2, 0.25) is 0 Å². The van der Waals surface area contributed by atoms with Crippen LogP contribution < -0.4 is 5.63 Å². The number of fused-ring (bicyclic) bond motifs is 1. The molecule has 4 nitrogen and oxygen atoms in total. The monoisotopic (exact) mass is 284 g/mol. The SMILES string of the molecule is C/C(=N\c1ncc(C)s1)c1cc2ccccc2oc1=O. The number of benzene rings is 1. The lowest BCUT2D eigenvalue weighted by atomic mass is 10.1. The molecule has 0 radical (unpaired) electrons. The lowest BCUT2D eigenvalue weighted by Gasteiger charge is -2.01. The highest BCUT2D eigenvalue weighted by Crippen LogP contribution is 2.21. The number of para-hydroxylation sites is 1. The maximum atomic E-state index is 12.0. The molecule has 0 amide bonds. The highest BCUT2D eigenvalue weighted by atomic mass is 32.1. The molecule has 2 aromatic heterocycles. The van der Waals surface area contributed by atoms with Crippen LogP contribution >= 0.6 is 11.3 Å². The molecule has 0 fully saturated rings. The summed E-state index contributed by atoms with van der Waals surface area (Å²) in [5.41, 5.74) is 1.28. The van der Waals surface area contributed by atoms with E-state index in [4.69, 9.17) is 4.42 Å². The van der Waals surface area contributed by atoms with Crippen LogP contribution in [0.15, 0.2) is 50.7 Å². The number of aryl methyl sites for hydroxylation is 1. The first-order chi connectivity index (χ1) is 9.63. The van der Waals surface area contributed by atoms with Gasteiger partial charge in [0.1, 0.15) is 5.58 Å². The molecule has 3 rings (SSSR count). The molecule has 0 N–H and O–H groups in total. The van der Waals surface area contributed by atoms with E-state index >= 15 is 0 Å².